The van der Waals surface area contributed by atoms with E-state index in [1.807, 2.05) is 37.3 Å². The zero-order chi connectivity index (χ0) is 18.5. The number of carbonyl (C=O) groups is 1. The SMILES string of the molecule is Cc1cc(CSc2ccccc2C(=O)NCc2ccc(C)c(F)c2)on1. The molecule has 0 aliphatic carbocycles. The van der Waals surface area contributed by atoms with E-state index in [0.717, 1.165) is 21.9 Å². The minimum atomic E-state index is -0.268. The molecule has 1 aromatic heterocycles. The number of aromatic nitrogens is 1. The summed E-state index contributed by atoms with van der Waals surface area (Å²) in [5, 5.41) is 6.71. The highest BCUT2D eigenvalue weighted by atomic mass is 32.2. The van der Waals surface area contributed by atoms with Crippen molar-refractivity contribution in [3.05, 3.63) is 82.5 Å². The normalized spacial score (nSPS) is 10.7. The van der Waals surface area contributed by atoms with Crippen LogP contribution in [0, 0.1) is 19.7 Å². The van der Waals surface area contributed by atoms with Crippen LogP contribution in [0.25, 0.3) is 0 Å². The lowest BCUT2D eigenvalue weighted by Crippen LogP contribution is -2.23. The Hall–Kier alpha value is -2.60. The van der Waals surface area contributed by atoms with Crippen molar-refractivity contribution in [3.63, 3.8) is 0 Å². The topological polar surface area (TPSA) is 55.1 Å². The summed E-state index contributed by atoms with van der Waals surface area (Å²) in [5.74, 6) is 0.893. The van der Waals surface area contributed by atoms with Crippen LogP contribution < -0.4 is 5.32 Å². The molecular weight excluding hydrogens is 351 g/mol. The molecule has 0 fully saturated rings. The van der Waals surface area contributed by atoms with E-state index in [9.17, 15) is 9.18 Å². The molecule has 0 bridgehead atoms. The number of benzene rings is 2. The van der Waals surface area contributed by atoms with Gasteiger partial charge in [-0.05, 0) is 43.2 Å². The van der Waals surface area contributed by atoms with Crippen molar-refractivity contribution >= 4 is 17.7 Å². The molecule has 0 aliphatic heterocycles. The van der Waals surface area contributed by atoms with E-state index in [2.05, 4.69) is 10.5 Å². The Morgan fingerprint density at radius 2 is 2.00 bits per heavy atom. The van der Waals surface area contributed by atoms with E-state index in [1.165, 1.54) is 17.8 Å². The molecule has 6 heteroatoms. The number of rotatable bonds is 6. The summed E-state index contributed by atoms with van der Waals surface area (Å²) in [6.07, 6.45) is 0. The Kier molecular flexibility index (Phi) is 5.73. The Labute approximate surface area is 155 Å². The Bertz CT molecular complexity index is 924. The summed E-state index contributed by atoms with van der Waals surface area (Å²) in [4.78, 5) is 13.4. The zero-order valence-corrected chi connectivity index (χ0v) is 15.4. The van der Waals surface area contributed by atoms with Gasteiger partial charge in [-0.15, -0.1) is 11.8 Å². The molecule has 2 aromatic carbocycles. The average Bonchev–Trinajstić information content (AvgIpc) is 3.06. The van der Waals surface area contributed by atoms with Crippen molar-refractivity contribution in [1.82, 2.24) is 10.5 Å². The predicted molar refractivity (Wildman–Crippen MR) is 99.6 cm³/mol. The monoisotopic (exact) mass is 370 g/mol. The molecule has 3 aromatic rings. The molecule has 0 aliphatic rings. The molecule has 1 N–H and O–H groups in total. The van der Waals surface area contributed by atoms with E-state index < -0.39 is 0 Å². The molecule has 3 rings (SSSR count). The van der Waals surface area contributed by atoms with E-state index in [1.54, 1.807) is 19.1 Å². The fraction of sp³-hybridized carbons (Fsp3) is 0.200. The lowest BCUT2D eigenvalue weighted by molar-refractivity contribution is 0.0948. The molecule has 0 saturated heterocycles. The maximum absolute atomic E-state index is 13.6. The van der Waals surface area contributed by atoms with Gasteiger partial charge in [-0.25, -0.2) is 4.39 Å². The van der Waals surface area contributed by atoms with Gasteiger partial charge >= 0.3 is 0 Å². The van der Waals surface area contributed by atoms with Crippen LogP contribution in [0.1, 0.15) is 32.9 Å². The summed E-state index contributed by atoms with van der Waals surface area (Å²) >= 11 is 1.51. The molecule has 4 nitrogen and oxygen atoms in total. The fourth-order valence-electron chi connectivity index (χ4n) is 2.44. The predicted octanol–water partition coefficient (Wildman–Crippen LogP) is 4.65. The maximum Gasteiger partial charge on any atom is 0.252 e. The number of halogens is 1. The van der Waals surface area contributed by atoms with Crippen LogP contribution in [0.3, 0.4) is 0 Å². The number of hydrogen-bond donors (Lipinski definition) is 1. The number of hydrogen-bond acceptors (Lipinski definition) is 4. The largest absolute Gasteiger partial charge is 0.360 e. The summed E-state index contributed by atoms with van der Waals surface area (Å²) in [7, 11) is 0. The molecular formula is C20H19FN2O2S. The van der Waals surface area contributed by atoms with Crippen LogP contribution in [0.2, 0.25) is 0 Å². The van der Waals surface area contributed by atoms with Gasteiger partial charge < -0.3 is 9.84 Å². The minimum absolute atomic E-state index is 0.192. The number of thioether (sulfide) groups is 1. The van der Waals surface area contributed by atoms with Crippen LogP contribution in [-0.2, 0) is 12.3 Å². The van der Waals surface area contributed by atoms with Gasteiger partial charge in [-0.3, -0.25) is 4.79 Å². The van der Waals surface area contributed by atoms with Gasteiger partial charge in [0, 0.05) is 17.5 Å². The zero-order valence-electron chi connectivity index (χ0n) is 14.6. The van der Waals surface area contributed by atoms with Gasteiger partial charge in [0.1, 0.15) is 11.6 Å². The number of aryl methyl sites for hydroxylation is 2. The highest BCUT2D eigenvalue weighted by Gasteiger charge is 2.12. The third-order valence-electron chi connectivity index (χ3n) is 3.87. The number of nitrogens with one attached hydrogen (secondary N) is 1. The first-order valence-corrected chi connectivity index (χ1v) is 9.19. The van der Waals surface area contributed by atoms with Crippen molar-refractivity contribution in [2.24, 2.45) is 0 Å². The van der Waals surface area contributed by atoms with Crippen molar-refractivity contribution < 1.29 is 13.7 Å². The minimum Gasteiger partial charge on any atom is -0.360 e. The third kappa shape index (κ3) is 4.52. The molecule has 0 atom stereocenters. The van der Waals surface area contributed by atoms with E-state index in [4.69, 9.17) is 4.52 Å². The first kappa shape index (κ1) is 18.2. The summed E-state index contributed by atoms with van der Waals surface area (Å²) in [6, 6.07) is 14.2. The second-order valence-corrected chi connectivity index (χ2v) is 7.00. The first-order valence-electron chi connectivity index (χ1n) is 8.20. The first-order chi connectivity index (χ1) is 12.5. The summed E-state index contributed by atoms with van der Waals surface area (Å²) in [5.41, 5.74) is 2.73. The van der Waals surface area contributed by atoms with Gasteiger partial charge in [0.15, 0.2) is 0 Å². The quantitative estimate of drug-likeness (QED) is 0.642. The number of nitrogens with zero attached hydrogens (tertiary/aromatic N) is 1. The van der Waals surface area contributed by atoms with Crippen LogP contribution in [0.15, 0.2) is 57.9 Å². The standard InChI is InChI=1S/C20H19FN2O2S/c1-13-7-8-15(10-18(13)21)11-22-20(24)17-5-3-4-6-19(17)26-12-16-9-14(2)23-25-16/h3-10H,11-12H2,1-2H3,(H,22,24). The average molecular weight is 370 g/mol. The van der Waals surface area contributed by atoms with Crippen molar-refractivity contribution in [2.75, 3.05) is 0 Å². The molecule has 1 amide bonds. The van der Waals surface area contributed by atoms with Gasteiger partial charge in [-0.2, -0.15) is 0 Å². The summed E-state index contributed by atoms with van der Waals surface area (Å²) < 4.78 is 18.8. The van der Waals surface area contributed by atoms with Gasteiger partial charge in [-0.1, -0.05) is 29.4 Å². The number of carbonyl (C=O) groups excluding carboxylic acids is 1. The lowest BCUT2D eigenvalue weighted by atomic mass is 10.1. The second-order valence-electron chi connectivity index (χ2n) is 5.99. The molecule has 26 heavy (non-hydrogen) atoms. The van der Waals surface area contributed by atoms with Crippen LogP contribution in [0.4, 0.5) is 4.39 Å². The number of amides is 1. The lowest BCUT2D eigenvalue weighted by Gasteiger charge is -2.10. The third-order valence-corrected chi connectivity index (χ3v) is 4.96. The fourth-order valence-corrected chi connectivity index (χ4v) is 3.36. The molecule has 0 spiro atoms. The smallest absolute Gasteiger partial charge is 0.252 e. The van der Waals surface area contributed by atoms with E-state index in [0.29, 0.717) is 16.9 Å². The molecule has 0 radical (unpaired) electrons. The van der Waals surface area contributed by atoms with Gasteiger partial charge in [0.05, 0.1) is 17.0 Å². The molecule has 1 heterocycles. The van der Waals surface area contributed by atoms with Crippen LogP contribution >= 0.6 is 11.8 Å². The molecule has 0 saturated carbocycles. The van der Waals surface area contributed by atoms with Crippen LogP contribution in [-0.4, -0.2) is 11.1 Å². The van der Waals surface area contributed by atoms with Crippen molar-refractivity contribution in [2.45, 2.75) is 31.0 Å². The van der Waals surface area contributed by atoms with Gasteiger partial charge in [0.2, 0.25) is 0 Å². The molecule has 134 valence electrons. The van der Waals surface area contributed by atoms with E-state index >= 15 is 0 Å². The van der Waals surface area contributed by atoms with Crippen molar-refractivity contribution in [1.29, 1.82) is 0 Å². The van der Waals surface area contributed by atoms with Gasteiger partial charge in [0.25, 0.3) is 5.91 Å². The Morgan fingerprint density at radius 3 is 2.73 bits per heavy atom. The molecule has 0 unspecified atom stereocenters. The second kappa shape index (κ2) is 8.19. The van der Waals surface area contributed by atoms with Crippen molar-refractivity contribution in [3.8, 4) is 0 Å². The van der Waals surface area contributed by atoms with Crippen LogP contribution in [0.5, 0.6) is 0 Å². The van der Waals surface area contributed by atoms with E-state index in [-0.39, 0.29) is 18.3 Å². The summed E-state index contributed by atoms with van der Waals surface area (Å²) in [6.45, 7) is 3.85. The highest BCUT2D eigenvalue weighted by molar-refractivity contribution is 7.98. The highest BCUT2D eigenvalue weighted by Crippen LogP contribution is 2.26. The maximum atomic E-state index is 13.6. The Balaban J connectivity index is 1.66. The Morgan fingerprint density at radius 1 is 1.19 bits per heavy atom.